The van der Waals surface area contributed by atoms with Crippen LogP contribution in [-0.2, 0) is 10.0 Å². The van der Waals surface area contributed by atoms with Crippen LogP contribution in [0.4, 0.5) is 5.82 Å². The molecular formula is C7H11ClN2O3S. The Kier molecular flexibility index (Phi) is 3.77. The van der Waals surface area contributed by atoms with Crippen molar-refractivity contribution >= 4 is 27.4 Å². The molecule has 1 rings (SSSR count). The fraction of sp³-hybridized carbons (Fsp3) is 0.571. The van der Waals surface area contributed by atoms with Crippen molar-refractivity contribution in [2.75, 3.05) is 16.4 Å². The number of nitrogens with zero attached hydrogens (tertiary/aromatic N) is 1. The van der Waals surface area contributed by atoms with Crippen molar-refractivity contribution in [1.82, 2.24) is 5.16 Å². The minimum absolute atomic E-state index is 0.0244. The summed E-state index contributed by atoms with van der Waals surface area (Å²) in [5, 5.41) is 3.44. The normalized spacial score (nSPS) is 13.9. The molecule has 0 bridgehead atoms. The molecule has 0 aliphatic heterocycles. The van der Waals surface area contributed by atoms with E-state index in [2.05, 4.69) is 14.4 Å². The van der Waals surface area contributed by atoms with Gasteiger partial charge in [0.1, 0.15) is 6.26 Å². The fourth-order valence-corrected chi connectivity index (χ4v) is 2.50. The maximum atomic E-state index is 11.4. The van der Waals surface area contributed by atoms with Gasteiger partial charge in [-0.25, -0.2) is 8.42 Å². The summed E-state index contributed by atoms with van der Waals surface area (Å²) in [5.41, 5.74) is 0. The van der Waals surface area contributed by atoms with Crippen molar-refractivity contribution in [2.24, 2.45) is 5.92 Å². The first-order valence-electron chi connectivity index (χ1n) is 4.00. The molecule has 1 atom stereocenters. The molecule has 14 heavy (non-hydrogen) atoms. The van der Waals surface area contributed by atoms with Crippen LogP contribution in [0.5, 0.6) is 0 Å². The number of halogens is 1. The molecular weight excluding hydrogens is 228 g/mol. The van der Waals surface area contributed by atoms with Gasteiger partial charge >= 0.3 is 0 Å². The zero-order valence-electron chi connectivity index (χ0n) is 7.60. The molecule has 80 valence electrons. The van der Waals surface area contributed by atoms with Crippen LogP contribution in [0, 0.1) is 5.92 Å². The molecule has 0 spiro atoms. The van der Waals surface area contributed by atoms with Crippen molar-refractivity contribution < 1.29 is 12.9 Å². The van der Waals surface area contributed by atoms with Gasteiger partial charge < -0.3 is 4.52 Å². The van der Waals surface area contributed by atoms with Crippen molar-refractivity contribution in [3.63, 3.8) is 0 Å². The van der Waals surface area contributed by atoms with Crippen LogP contribution in [0.25, 0.3) is 0 Å². The zero-order chi connectivity index (χ0) is 10.6. The number of hydrogen-bond acceptors (Lipinski definition) is 4. The molecule has 1 aromatic rings. The van der Waals surface area contributed by atoms with E-state index in [1.54, 1.807) is 6.92 Å². The number of anilines is 1. The lowest BCUT2D eigenvalue weighted by molar-refractivity contribution is 0.423. The molecule has 1 unspecified atom stereocenters. The molecule has 0 saturated carbocycles. The lowest BCUT2D eigenvalue weighted by Crippen LogP contribution is -2.22. The molecule has 5 nitrogen and oxygen atoms in total. The number of nitrogens with one attached hydrogen (secondary N) is 1. The Morgan fingerprint density at radius 3 is 2.93 bits per heavy atom. The van der Waals surface area contributed by atoms with Crippen molar-refractivity contribution in [3.05, 3.63) is 12.3 Å². The second-order valence-electron chi connectivity index (χ2n) is 3.03. The molecule has 1 N–H and O–H groups in total. The maximum Gasteiger partial charge on any atom is 0.234 e. The van der Waals surface area contributed by atoms with Crippen LogP contribution in [-0.4, -0.2) is 25.2 Å². The zero-order valence-corrected chi connectivity index (χ0v) is 9.18. The Morgan fingerprint density at radius 2 is 2.43 bits per heavy atom. The molecule has 0 saturated heterocycles. The van der Waals surface area contributed by atoms with E-state index in [1.807, 2.05) is 0 Å². The minimum Gasteiger partial charge on any atom is -0.363 e. The van der Waals surface area contributed by atoms with Gasteiger partial charge in [0.05, 0.1) is 5.75 Å². The van der Waals surface area contributed by atoms with E-state index in [4.69, 9.17) is 11.6 Å². The standard InChI is InChI=1S/C7H11ClN2O3S/c1-6(4-8)5-14(11,12)10-7-2-3-13-9-7/h2-3,6H,4-5H2,1H3,(H,9,10). The smallest absolute Gasteiger partial charge is 0.234 e. The van der Waals surface area contributed by atoms with Crippen LogP contribution in [0.1, 0.15) is 6.92 Å². The first-order valence-corrected chi connectivity index (χ1v) is 6.19. The predicted molar refractivity (Wildman–Crippen MR) is 53.8 cm³/mol. The third-order valence-corrected chi connectivity index (χ3v) is 3.52. The summed E-state index contributed by atoms with van der Waals surface area (Å²) < 4.78 is 29.6. The first kappa shape index (κ1) is 11.3. The molecule has 0 aromatic carbocycles. The van der Waals surface area contributed by atoms with Gasteiger partial charge in [0, 0.05) is 11.9 Å². The van der Waals surface area contributed by atoms with Crippen molar-refractivity contribution in [2.45, 2.75) is 6.92 Å². The molecule has 0 fully saturated rings. The molecule has 0 amide bonds. The van der Waals surface area contributed by atoms with Gasteiger partial charge in [-0.2, -0.15) is 0 Å². The van der Waals surface area contributed by atoms with Gasteiger partial charge in [-0.15, -0.1) is 11.6 Å². The van der Waals surface area contributed by atoms with E-state index >= 15 is 0 Å². The second-order valence-corrected chi connectivity index (χ2v) is 5.10. The largest absolute Gasteiger partial charge is 0.363 e. The maximum absolute atomic E-state index is 11.4. The Bertz CT molecular complexity index is 362. The third-order valence-electron chi connectivity index (χ3n) is 1.47. The Labute approximate surface area is 87.5 Å². The van der Waals surface area contributed by atoms with Crippen LogP contribution in [0.3, 0.4) is 0 Å². The van der Waals surface area contributed by atoms with Crippen LogP contribution in [0.2, 0.25) is 0 Å². The summed E-state index contributed by atoms with van der Waals surface area (Å²) in [6, 6.07) is 1.43. The van der Waals surface area contributed by atoms with Gasteiger partial charge in [-0.1, -0.05) is 12.1 Å². The summed E-state index contributed by atoms with van der Waals surface area (Å²) in [6.45, 7) is 1.76. The summed E-state index contributed by atoms with van der Waals surface area (Å²) in [7, 11) is -3.37. The summed E-state index contributed by atoms with van der Waals surface area (Å²) in [6.07, 6.45) is 1.29. The van der Waals surface area contributed by atoms with Gasteiger partial charge in [-0.3, -0.25) is 4.72 Å². The fourth-order valence-electron chi connectivity index (χ4n) is 0.885. The lowest BCUT2D eigenvalue weighted by atomic mass is 10.3. The lowest BCUT2D eigenvalue weighted by Gasteiger charge is -2.08. The average Bonchev–Trinajstić information content (AvgIpc) is 2.54. The average molecular weight is 239 g/mol. The minimum atomic E-state index is -3.37. The van der Waals surface area contributed by atoms with Gasteiger partial charge in [0.15, 0.2) is 5.82 Å². The highest BCUT2D eigenvalue weighted by atomic mass is 35.5. The molecule has 7 heteroatoms. The monoisotopic (exact) mass is 238 g/mol. The SMILES string of the molecule is CC(CCl)CS(=O)(=O)Nc1ccon1. The van der Waals surface area contributed by atoms with Crippen LogP contribution in [0.15, 0.2) is 16.9 Å². The van der Waals surface area contributed by atoms with E-state index in [1.165, 1.54) is 12.3 Å². The summed E-state index contributed by atoms with van der Waals surface area (Å²) in [5.74, 6) is 0.371. The van der Waals surface area contributed by atoms with E-state index in [0.717, 1.165) is 0 Å². The summed E-state index contributed by atoms with van der Waals surface area (Å²) >= 11 is 5.51. The van der Waals surface area contributed by atoms with E-state index < -0.39 is 10.0 Å². The molecule has 1 aromatic heterocycles. The van der Waals surface area contributed by atoms with Crippen molar-refractivity contribution in [3.8, 4) is 0 Å². The number of alkyl halides is 1. The highest BCUT2D eigenvalue weighted by Gasteiger charge is 2.15. The Hall–Kier alpha value is -0.750. The molecule has 0 aliphatic rings. The van der Waals surface area contributed by atoms with Gasteiger partial charge in [0.25, 0.3) is 0 Å². The number of aromatic nitrogens is 1. The number of rotatable bonds is 5. The van der Waals surface area contributed by atoms with E-state index in [0.29, 0.717) is 5.88 Å². The second kappa shape index (κ2) is 4.65. The number of hydrogen-bond donors (Lipinski definition) is 1. The highest BCUT2D eigenvalue weighted by molar-refractivity contribution is 7.92. The number of sulfonamides is 1. The third kappa shape index (κ3) is 3.55. The Balaban J connectivity index is 2.59. The van der Waals surface area contributed by atoms with Crippen LogP contribution >= 0.6 is 11.6 Å². The van der Waals surface area contributed by atoms with E-state index in [-0.39, 0.29) is 17.5 Å². The predicted octanol–water partition coefficient (Wildman–Crippen LogP) is 1.29. The Morgan fingerprint density at radius 1 is 1.71 bits per heavy atom. The van der Waals surface area contributed by atoms with E-state index in [9.17, 15) is 8.42 Å². The highest BCUT2D eigenvalue weighted by Crippen LogP contribution is 2.08. The molecule has 0 radical (unpaired) electrons. The molecule has 1 heterocycles. The van der Waals surface area contributed by atoms with Gasteiger partial charge in [-0.05, 0) is 5.92 Å². The quantitative estimate of drug-likeness (QED) is 0.785. The van der Waals surface area contributed by atoms with Gasteiger partial charge in [0.2, 0.25) is 10.0 Å². The summed E-state index contributed by atoms with van der Waals surface area (Å²) in [4.78, 5) is 0. The molecule has 0 aliphatic carbocycles. The first-order chi connectivity index (χ1) is 6.53. The van der Waals surface area contributed by atoms with Crippen molar-refractivity contribution in [1.29, 1.82) is 0 Å². The van der Waals surface area contributed by atoms with Crippen LogP contribution < -0.4 is 4.72 Å². The topological polar surface area (TPSA) is 72.2 Å².